The summed E-state index contributed by atoms with van der Waals surface area (Å²) in [5.41, 5.74) is 1.18. The van der Waals surface area contributed by atoms with Gasteiger partial charge in [-0.1, -0.05) is 25.3 Å². The minimum absolute atomic E-state index is 0. The van der Waals surface area contributed by atoms with Gasteiger partial charge >= 0.3 is 0 Å². The fraction of sp³-hybridized carbons (Fsp3) is 0.600. The number of hydrogen-bond donors (Lipinski definition) is 3. The molecule has 3 N–H and O–H groups in total. The van der Waals surface area contributed by atoms with E-state index in [2.05, 4.69) is 20.9 Å². The van der Waals surface area contributed by atoms with Crippen molar-refractivity contribution >= 4 is 35.8 Å². The normalized spacial score (nSPS) is 16.2. The van der Waals surface area contributed by atoms with Gasteiger partial charge in [-0.15, -0.1) is 24.0 Å². The summed E-state index contributed by atoms with van der Waals surface area (Å²) in [6.45, 7) is 1.61. The molecule has 0 spiro atoms. The first-order valence-electron chi connectivity index (χ1n) is 9.87. The van der Waals surface area contributed by atoms with Crippen LogP contribution in [0.2, 0.25) is 0 Å². The summed E-state index contributed by atoms with van der Waals surface area (Å²) in [7, 11) is 1.73. The molecule has 28 heavy (non-hydrogen) atoms. The topological polar surface area (TPSA) is 84.0 Å². The predicted octanol–water partition coefficient (Wildman–Crippen LogP) is 2.58. The van der Waals surface area contributed by atoms with E-state index >= 15 is 0 Å². The van der Waals surface area contributed by atoms with Crippen LogP contribution in [0.3, 0.4) is 0 Å². The second-order valence-corrected chi connectivity index (χ2v) is 7.02. The van der Waals surface area contributed by atoms with Crippen molar-refractivity contribution in [2.75, 3.05) is 26.9 Å². The lowest BCUT2D eigenvalue weighted by atomic mass is 9.95. The number of amides is 1. The average Bonchev–Trinajstić information content (AvgIpc) is 3.15. The molecule has 1 amide bonds. The summed E-state index contributed by atoms with van der Waals surface area (Å²) >= 11 is 0. The van der Waals surface area contributed by atoms with E-state index in [1.54, 1.807) is 7.05 Å². The van der Waals surface area contributed by atoms with E-state index in [4.69, 9.17) is 9.47 Å². The number of halogens is 1. The van der Waals surface area contributed by atoms with Gasteiger partial charge < -0.3 is 25.4 Å². The highest BCUT2D eigenvalue weighted by atomic mass is 127. The summed E-state index contributed by atoms with van der Waals surface area (Å²) in [5, 5.41) is 9.61. The maximum absolute atomic E-state index is 12.0. The van der Waals surface area contributed by atoms with Crippen LogP contribution in [0, 0.1) is 0 Å². The number of carbonyl (C=O) groups is 1. The Morgan fingerprint density at radius 2 is 1.86 bits per heavy atom. The van der Waals surface area contributed by atoms with Gasteiger partial charge in [-0.25, -0.2) is 0 Å². The minimum Gasteiger partial charge on any atom is -0.454 e. The van der Waals surface area contributed by atoms with Crippen molar-refractivity contribution in [3.05, 3.63) is 23.8 Å². The first-order valence-corrected chi connectivity index (χ1v) is 9.87. The lowest BCUT2D eigenvalue weighted by Crippen LogP contribution is -2.41. The van der Waals surface area contributed by atoms with Gasteiger partial charge in [0.25, 0.3) is 0 Å². The Morgan fingerprint density at radius 3 is 2.64 bits per heavy atom. The molecule has 1 heterocycles. The molecule has 1 saturated carbocycles. The van der Waals surface area contributed by atoms with Gasteiger partial charge in [0.1, 0.15) is 0 Å². The molecular weight excluding hydrogens is 471 g/mol. The second kappa shape index (κ2) is 12.0. The van der Waals surface area contributed by atoms with Crippen molar-refractivity contribution in [3.63, 3.8) is 0 Å². The van der Waals surface area contributed by atoms with E-state index < -0.39 is 0 Å². The van der Waals surface area contributed by atoms with Crippen molar-refractivity contribution in [1.29, 1.82) is 0 Å². The van der Waals surface area contributed by atoms with Gasteiger partial charge in [-0.3, -0.25) is 9.79 Å². The summed E-state index contributed by atoms with van der Waals surface area (Å²) < 4.78 is 10.7. The molecule has 0 bridgehead atoms. The highest BCUT2D eigenvalue weighted by Crippen LogP contribution is 2.32. The van der Waals surface area contributed by atoms with Gasteiger partial charge in [0.2, 0.25) is 12.7 Å². The third-order valence-corrected chi connectivity index (χ3v) is 4.98. The first-order chi connectivity index (χ1) is 13.2. The van der Waals surface area contributed by atoms with Gasteiger partial charge in [-0.2, -0.15) is 0 Å². The standard InChI is InChI=1S/C20H30N4O3.HI/c1-21-20(23-12-10-19(25)24-16-5-3-2-4-6-16)22-11-9-15-7-8-17-18(13-15)27-14-26-17;/h7-8,13,16H,2-6,9-12,14H2,1H3,(H,24,25)(H2,21,22,23);1H. The molecular formula is C20H31IN4O3. The van der Waals surface area contributed by atoms with E-state index in [1.807, 2.05) is 18.2 Å². The van der Waals surface area contributed by atoms with E-state index in [1.165, 1.54) is 24.8 Å². The molecule has 0 radical (unpaired) electrons. The number of nitrogens with one attached hydrogen (secondary N) is 3. The first kappa shape index (κ1) is 22.6. The molecule has 0 unspecified atom stereocenters. The van der Waals surface area contributed by atoms with Crippen LogP contribution in [0.15, 0.2) is 23.2 Å². The maximum atomic E-state index is 12.0. The van der Waals surface area contributed by atoms with Crippen molar-refractivity contribution in [3.8, 4) is 11.5 Å². The molecule has 0 atom stereocenters. The van der Waals surface area contributed by atoms with Crippen molar-refractivity contribution in [1.82, 2.24) is 16.0 Å². The Bertz CT molecular complexity index is 663. The van der Waals surface area contributed by atoms with Crippen molar-refractivity contribution in [2.45, 2.75) is 51.0 Å². The number of carbonyl (C=O) groups excluding carboxylic acids is 1. The van der Waals surface area contributed by atoms with Crippen LogP contribution >= 0.6 is 24.0 Å². The minimum atomic E-state index is 0. The quantitative estimate of drug-likeness (QED) is 0.303. The van der Waals surface area contributed by atoms with Gasteiger partial charge in [0, 0.05) is 32.6 Å². The average molecular weight is 502 g/mol. The highest BCUT2D eigenvalue weighted by Gasteiger charge is 2.15. The maximum Gasteiger partial charge on any atom is 0.231 e. The van der Waals surface area contributed by atoms with Gasteiger partial charge in [0.15, 0.2) is 17.5 Å². The zero-order valence-electron chi connectivity index (χ0n) is 16.5. The Morgan fingerprint density at radius 1 is 1.11 bits per heavy atom. The molecule has 1 aromatic rings. The molecule has 156 valence electrons. The van der Waals surface area contributed by atoms with Crippen molar-refractivity contribution in [2.24, 2.45) is 4.99 Å². The van der Waals surface area contributed by atoms with Crippen LogP contribution in [0.4, 0.5) is 0 Å². The number of nitrogens with zero attached hydrogens (tertiary/aromatic N) is 1. The molecule has 1 fully saturated rings. The van der Waals surface area contributed by atoms with E-state index in [0.29, 0.717) is 31.8 Å². The largest absolute Gasteiger partial charge is 0.454 e. The van der Waals surface area contributed by atoms with Crippen LogP contribution in [0.25, 0.3) is 0 Å². The second-order valence-electron chi connectivity index (χ2n) is 7.02. The van der Waals surface area contributed by atoms with E-state index in [9.17, 15) is 4.79 Å². The Hall–Kier alpha value is -1.71. The predicted molar refractivity (Wildman–Crippen MR) is 121 cm³/mol. The number of hydrogen-bond acceptors (Lipinski definition) is 4. The number of aliphatic imine (C=N–C) groups is 1. The van der Waals surface area contributed by atoms with Gasteiger partial charge in [0.05, 0.1) is 0 Å². The third kappa shape index (κ3) is 7.03. The lowest BCUT2D eigenvalue weighted by Gasteiger charge is -2.22. The molecule has 0 saturated heterocycles. The molecule has 1 aliphatic heterocycles. The van der Waals surface area contributed by atoms with Crippen LogP contribution < -0.4 is 25.4 Å². The molecule has 7 nitrogen and oxygen atoms in total. The van der Waals surface area contributed by atoms with Crippen LogP contribution in [0.5, 0.6) is 11.5 Å². The Labute approximate surface area is 184 Å². The number of fused-ring (bicyclic) bond motifs is 1. The summed E-state index contributed by atoms with van der Waals surface area (Å²) in [5.74, 6) is 2.43. The highest BCUT2D eigenvalue weighted by molar-refractivity contribution is 14.0. The summed E-state index contributed by atoms with van der Waals surface area (Å²) in [6, 6.07) is 6.36. The molecule has 1 aliphatic carbocycles. The molecule has 0 aromatic heterocycles. The molecule has 1 aromatic carbocycles. The SMILES string of the molecule is CN=C(NCCC(=O)NC1CCCCC1)NCCc1ccc2c(c1)OCO2.I. The van der Waals surface area contributed by atoms with Crippen LogP contribution in [-0.4, -0.2) is 44.8 Å². The molecule has 2 aliphatic rings. The Balaban J connectivity index is 0.00000280. The number of ether oxygens (including phenoxy) is 2. The number of rotatable bonds is 7. The summed E-state index contributed by atoms with van der Waals surface area (Å²) in [4.78, 5) is 16.2. The zero-order chi connectivity index (χ0) is 18.9. The van der Waals surface area contributed by atoms with E-state index in [-0.39, 0.29) is 29.9 Å². The monoisotopic (exact) mass is 502 g/mol. The molecule has 3 rings (SSSR count). The summed E-state index contributed by atoms with van der Waals surface area (Å²) in [6.07, 6.45) is 7.28. The molecule has 8 heteroatoms. The van der Waals surface area contributed by atoms with Crippen molar-refractivity contribution < 1.29 is 14.3 Å². The van der Waals surface area contributed by atoms with Crippen LogP contribution in [-0.2, 0) is 11.2 Å². The fourth-order valence-electron chi connectivity index (χ4n) is 3.48. The Kier molecular flexibility index (Phi) is 9.66. The lowest BCUT2D eigenvalue weighted by molar-refractivity contribution is -0.121. The van der Waals surface area contributed by atoms with E-state index in [0.717, 1.165) is 37.3 Å². The fourth-order valence-corrected chi connectivity index (χ4v) is 3.48. The third-order valence-electron chi connectivity index (χ3n) is 4.98. The number of benzene rings is 1. The zero-order valence-corrected chi connectivity index (χ0v) is 18.8. The van der Waals surface area contributed by atoms with Gasteiger partial charge in [-0.05, 0) is 37.0 Å². The smallest absolute Gasteiger partial charge is 0.231 e. The van der Waals surface area contributed by atoms with Crippen LogP contribution in [0.1, 0.15) is 44.1 Å². The number of guanidine groups is 1.